The fourth-order valence-corrected chi connectivity index (χ4v) is 5.57. The molecule has 1 spiro atoms. The van der Waals surface area contributed by atoms with E-state index >= 15 is 0 Å². The Morgan fingerprint density at radius 3 is 2.47 bits per heavy atom. The lowest BCUT2D eigenvalue weighted by Crippen LogP contribution is -2.56. The van der Waals surface area contributed by atoms with Crippen LogP contribution >= 0.6 is 0 Å². The maximum absolute atomic E-state index is 13.9. The molecule has 3 fully saturated rings. The molecule has 0 radical (unpaired) electrons. The van der Waals surface area contributed by atoms with Crippen LogP contribution in [0.15, 0.2) is 24.3 Å². The van der Waals surface area contributed by atoms with Gasteiger partial charge in [0.05, 0.1) is 6.54 Å². The minimum absolute atomic E-state index is 0.259. The van der Waals surface area contributed by atoms with Crippen molar-refractivity contribution in [2.75, 3.05) is 13.1 Å². The average molecular weight is 446 g/mol. The number of urea groups is 1. The van der Waals surface area contributed by atoms with Crippen LogP contribution in [0, 0.1) is 5.82 Å². The fourth-order valence-electron chi connectivity index (χ4n) is 5.57. The van der Waals surface area contributed by atoms with Crippen LogP contribution in [0.5, 0.6) is 0 Å². The summed E-state index contributed by atoms with van der Waals surface area (Å²) in [6, 6.07) is 5.92. The van der Waals surface area contributed by atoms with Crippen molar-refractivity contribution in [3.05, 3.63) is 35.6 Å². The van der Waals surface area contributed by atoms with E-state index in [2.05, 4.69) is 10.6 Å². The Balaban J connectivity index is 1.45. The summed E-state index contributed by atoms with van der Waals surface area (Å²) in [6.45, 7) is 1.17. The smallest absolute Gasteiger partial charge is 0.325 e. The molecule has 32 heavy (non-hydrogen) atoms. The number of nitrogens with zero attached hydrogens (tertiary/aromatic N) is 1. The van der Waals surface area contributed by atoms with E-state index in [1.54, 1.807) is 6.07 Å². The van der Waals surface area contributed by atoms with Crippen LogP contribution in [0.3, 0.4) is 0 Å². The maximum atomic E-state index is 13.9. The topological polar surface area (TPSA) is 98.7 Å². The molecule has 3 N–H and O–H groups in total. The Morgan fingerprint density at radius 1 is 1.16 bits per heavy atom. The number of hydrogen-bond donors (Lipinski definition) is 3. The van der Waals surface area contributed by atoms with Crippen molar-refractivity contribution in [3.8, 4) is 0 Å². The van der Waals surface area contributed by atoms with Gasteiger partial charge in [0.25, 0.3) is 11.8 Å². The Kier molecular flexibility index (Phi) is 6.00. The SMILES string of the molecule is C[C@@](O)(CN1C(=O)NC2(CCCC2)C1=O)C(=O)NCC1(c2cccc(F)c2)CCCCC1. The van der Waals surface area contributed by atoms with Gasteiger partial charge in [-0.2, -0.15) is 0 Å². The van der Waals surface area contributed by atoms with Crippen molar-refractivity contribution in [2.45, 2.75) is 81.3 Å². The van der Waals surface area contributed by atoms with Crippen LogP contribution in [0.25, 0.3) is 0 Å². The van der Waals surface area contributed by atoms with Crippen molar-refractivity contribution < 1.29 is 23.9 Å². The van der Waals surface area contributed by atoms with E-state index in [1.165, 1.54) is 19.1 Å². The number of imide groups is 1. The third-order valence-electron chi connectivity index (χ3n) is 7.49. The Bertz CT molecular complexity index is 904. The lowest BCUT2D eigenvalue weighted by molar-refractivity contribution is -0.143. The highest BCUT2D eigenvalue weighted by atomic mass is 19.1. The first-order valence-electron chi connectivity index (χ1n) is 11.6. The highest BCUT2D eigenvalue weighted by Crippen LogP contribution is 2.39. The number of benzene rings is 1. The predicted octanol–water partition coefficient (Wildman–Crippen LogP) is 2.76. The van der Waals surface area contributed by atoms with Gasteiger partial charge in [-0.15, -0.1) is 0 Å². The van der Waals surface area contributed by atoms with Gasteiger partial charge >= 0.3 is 6.03 Å². The molecular formula is C24H32FN3O4. The number of β-amino-alcohol motifs (C(OH)–C–C–N with tert-alkyl or cyclic N) is 1. The minimum Gasteiger partial charge on any atom is -0.378 e. The van der Waals surface area contributed by atoms with Crippen molar-refractivity contribution in [2.24, 2.45) is 0 Å². The molecule has 1 aromatic rings. The summed E-state index contributed by atoms with van der Waals surface area (Å²) in [6.07, 6.45) is 7.56. The molecule has 2 saturated carbocycles. The van der Waals surface area contributed by atoms with Gasteiger partial charge in [0.2, 0.25) is 0 Å². The summed E-state index contributed by atoms with van der Waals surface area (Å²) in [5, 5.41) is 16.5. The van der Waals surface area contributed by atoms with Crippen LogP contribution in [0.2, 0.25) is 0 Å². The van der Waals surface area contributed by atoms with Gasteiger partial charge in [-0.25, -0.2) is 9.18 Å². The minimum atomic E-state index is -1.94. The number of rotatable bonds is 6. The summed E-state index contributed by atoms with van der Waals surface area (Å²) in [5.41, 5.74) is -2.38. The van der Waals surface area contributed by atoms with Gasteiger partial charge in [-0.3, -0.25) is 14.5 Å². The summed E-state index contributed by atoms with van der Waals surface area (Å²) < 4.78 is 13.9. The Labute approximate surface area is 187 Å². The van der Waals surface area contributed by atoms with Gasteiger partial charge in [-0.1, -0.05) is 44.2 Å². The summed E-state index contributed by atoms with van der Waals surface area (Å²) in [7, 11) is 0. The van der Waals surface area contributed by atoms with E-state index in [-0.39, 0.29) is 18.3 Å². The molecular weight excluding hydrogens is 413 g/mol. The average Bonchev–Trinajstić information content (AvgIpc) is 3.33. The number of aliphatic hydroxyl groups is 1. The second-order valence-electron chi connectivity index (χ2n) is 9.92. The van der Waals surface area contributed by atoms with Crippen molar-refractivity contribution in [3.63, 3.8) is 0 Å². The first-order valence-corrected chi connectivity index (χ1v) is 11.6. The van der Waals surface area contributed by atoms with Crippen LogP contribution in [0.1, 0.15) is 70.3 Å². The number of halogens is 1. The molecule has 8 heteroatoms. The lowest BCUT2D eigenvalue weighted by atomic mass is 9.69. The number of carbonyl (C=O) groups is 3. The Hall–Kier alpha value is -2.48. The number of carbonyl (C=O) groups excluding carboxylic acids is 3. The van der Waals surface area contributed by atoms with E-state index in [9.17, 15) is 23.9 Å². The molecule has 4 rings (SSSR count). The van der Waals surface area contributed by atoms with Gasteiger partial charge in [0, 0.05) is 12.0 Å². The second-order valence-corrected chi connectivity index (χ2v) is 9.92. The molecule has 1 aromatic carbocycles. The van der Waals surface area contributed by atoms with Crippen LogP contribution in [-0.4, -0.2) is 52.1 Å². The molecule has 1 saturated heterocycles. The van der Waals surface area contributed by atoms with Crippen molar-refractivity contribution >= 4 is 17.8 Å². The zero-order chi connectivity index (χ0) is 23.0. The van der Waals surface area contributed by atoms with Gasteiger partial charge in [0.15, 0.2) is 5.60 Å². The first-order chi connectivity index (χ1) is 15.2. The monoisotopic (exact) mass is 445 g/mol. The molecule has 0 bridgehead atoms. The lowest BCUT2D eigenvalue weighted by Gasteiger charge is -2.39. The molecule has 0 aromatic heterocycles. The summed E-state index contributed by atoms with van der Waals surface area (Å²) in [5.74, 6) is -1.33. The number of hydrogen-bond acceptors (Lipinski definition) is 4. The standard InChI is InChI=1S/C24H32FN3O4/c1-22(32,16-28-20(30)24(27-21(28)31)12-5-6-13-24)19(29)26-15-23(10-3-2-4-11-23)17-8-7-9-18(25)14-17/h7-9,14,32H,2-6,10-13,15-16H2,1H3,(H,26,29)(H,27,31)/t22-/m1/s1. The highest BCUT2D eigenvalue weighted by molar-refractivity contribution is 6.07. The van der Waals surface area contributed by atoms with Crippen LogP contribution < -0.4 is 10.6 Å². The highest BCUT2D eigenvalue weighted by Gasteiger charge is 2.54. The predicted molar refractivity (Wildman–Crippen MR) is 116 cm³/mol. The van der Waals surface area contributed by atoms with E-state index in [4.69, 9.17) is 0 Å². The maximum Gasteiger partial charge on any atom is 0.325 e. The summed E-state index contributed by atoms with van der Waals surface area (Å²) >= 11 is 0. The van der Waals surface area contributed by atoms with E-state index in [0.717, 1.165) is 55.4 Å². The largest absolute Gasteiger partial charge is 0.378 e. The molecule has 3 aliphatic rings. The van der Waals surface area contributed by atoms with E-state index in [0.29, 0.717) is 12.8 Å². The number of amides is 4. The molecule has 174 valence electrons. The molecule has 1 heterocycles. The Morgan fingerprint density at radius 2 is 1.81 bits per heavy atom. The van der Waals surface area contributed by atoms with Crippen LogP contribution in [0.4, 0.5) is 9.18 Å². The zero-order valence-electron chi connectivity index (χ0n) is 18.6. The third kappa shape index (κ3) is 4.12. The first kappa shape index (κ1) is 22.7. The fraction of sp³-hybridized carbons (Fsp3) is 0.625. The molecule has 7 nitrogen and oxygen atoms in total. The zero-order valence-corrected chi connectivity index (χ0v) is 18.6. The molecule has 2 aliphatic carbocycles. The normalized spacial score (nSPS) is 23.8. The van der Waals surface area contributed by atoms with Crippen LogP contribution in [-0.2, 0) is 15.0 Å². The van der Waals surface area contributed by atoms with Gasteiger partial charge in [0.1, 0.15) is 11.4 Å². The molecule has 0 unspecified atom stereocenters. The molecule has 1 aliphatic heterocycles. The second kappa shape index (κ2) is 8.46. The quantitative estimate of drug-likeness (QED) is 0.587. The third-order valence-corrected chi connectivity index (χ3v) is 7.49. The van der Waals surface area contributed by atoms with Gasteiger partial charge in [-0.05, 0) is 50.3 Å². The molecule has 4 amide bonds. The van der Waals surface area contributed by atoms with E-state index < -0.39 is 35.0 Å². The van der Waals surface area contributed by atoms with Crippen molar-refractivity contribution in [1.29, 1.82) is 0 Å². The summed E-state index contributed by atoms with van der Waals surface area (Å²) in [4.78, 5) is 39.2. The number of nitrogens with one attached hydrogen (secondary N) is 2. The van der Waals surface area contributed by atoms with E-state index in [1.807, 2.05) is 6.07 Å². The molecule has 1 atom stereocenters. The van der Waals surface area contributed by atoms with Crippen molar-refractivity contribution in [1.82, 2.24) is 15.5 Å². The van der Waals surface area contributed by atoms with Gasteiger partial charge < -0.3 is 15.7 Å².